The minimum atomic E-state index is -3.61. The maximum absolute atomic E-state index is 12.3. The molecule has 0 saturated carbocycles. The van der Waals surface area contributed by atoms with Crippen molar-refractivity contribution in [2.75, 3.05) is 19.8 Å². The fourth-order valence-corrected chi connectivity index (χ4v) is 3.84. The molecule has 1 aliphatic rings. The predicted molar refractivity (Wildman–Crippen MR) is 93.6 cm³/mol. The number of hydrogen-bond donors (Lipinski definition) is 2. The number of benzene rings is 2. The molecule has 0 fully saturated rings. The van der Waals surface area contributed by atoms with E-state index >= 15 is 0 Å². The Kier molecular flexibility index (Phi) is 5.55. The van der Waals surface area contributed by atoms with E-state index in [1.165, 1.54) is 12.1 Å². The second-order valence-electron chi connectivity index (χ2n) is 5.82. The lowest BCUT2D eigenvalue weighted by atomic mass is 9.97. The van der Waals surface area contributed by atoms with Crippen LogP contribution in [0.4, 0.5) is 0 Å². The molecule has 0 saturated heterocycles. The summed E-state index contributed by atoms with van der Waals surface area (Å²) in [7, 11) is -3.61. The summed E-state index contributed by atoms with van der Waals surface area (Å²) >= 11 is 0. The molecule has 0 radical (unpaired) electrons. The van der Waals surface area contributed by atoms with Crippen LogP contribution >= 0.6 is 0 Å². The Morgan fingerprint density at radius 1 is 1.23 bits per heavy atom. The largest absolute Gasteiger partial charge is 0.482 e. The van der Waals surface area contributed by atoms with Crippen molar-refractivity contribution in [2.45, 2.75) is 17.4 Å². The minimum Gasteiger partial charge on any atom is -0.482 e. The summed E-state index contributed by atoms with van der Waals surface area (Å²) in [6.07, 6.45) is 0.243. The molecule has 0 aromatic heterocycles. The zero-order valence-electron chi connectivity index (χ0n) is 13.9. The molecule has 2 N–H and O–H groups in total. The van der Waals surface area contributed by atoms with Crippen LogP contribution in [-0.2, 0) is 26.0 Å². The number of carboxylic acid groups (broad SMARTS) is 1. The lowest BCUT2D eigenvalue weighted by Crippen LogP contribution is -2.32. The van der Waals surface area contributed by atoms with E-state index in [0.29, 0.717) is 18.8 Å². The van der Waals surface area contributed by atoms with Crippen molar-refractivity contribution in [1.82, 2.24) is 4.72 Å². The first-order valence-electron chi connectivity index (χ1n) is 8.09. The molecule has 7 nitrogen and oxygen atoms in total. The molecule has 0 aliphatic carbocycles. The van der Waals surface area contributed by atoms with E-state index in [1.54, 1.807) is 36.4 Å². The predicted octanol–water partition coefficient (Wildman–Crippen LogP) is 1.74. The highest BCUT2D eigenvalue weighted by Crippen LogP contribution is 2.30. The van der Waals surface area contributed by atoms with Crippen molar-refractivity contribution in [2.24, 2.45) is 0 Å². The number of carbonyl (C=O) groups is 1. The maximum atomic E-state index is 12.3. The molecule has 138 valence electrons. The van der Waals surface area contributed by atoms with Gasteiger partial charge in [-0.1, -0.05) is 24.3 Å². The van der Waals surface area contributed by atoms with Gasteiger partial charge in [-0.15, -0.1) is 0 Å². The van der Waals surface area contributed by atoms with Gasteiger partial charge in [0.05, 0.1) is 17.6 Å². The number of aliphatic carboxylic acids is 1. The molecule has 1 atom stereocenters. The summed E-state index contributed by atoms with van der Waals surface area (Å²) in [6.45, 7) is 0.155. The highest BCUT2D eigenvalue weighted by atomic mass is 32.2. The third-order valence-electron chi connectivity index (χ3n) is 4.03. The van der Waals surface area contributed by atoms with Crippen molar-refractivity contribution in [1.29, 1.82) is 0 Å². The van der Waals surface area contributed by atoms with Gasteiger partial charge in [-0.3, -0.25) is 0 Å². The average molecular weight is 377 g/mol. The number of nitrogens with one attached hydrogen (secondary N) is 1. The van der Waals surface area contributed by atoms with E-state index in [0.717, 1.165) is 11.1 Å². The van der Waals surface area contributed by atoms with Crippen LogP contribution in [0.2, 0.25) is 0 Å². The summed E-state index contributed by atoms with van der Waals surface area (Å²) in [6, 6.07) is 13.4. The first-order chi connectivity index (χ1) is 12.5. The molecule has 0 spiro atoms. The molecule has 26 heavy (non-hydrogen) atoms. The number of fused-ring (bicyclic) bond motifs is 1. The number of carboxylic acids is 1. The van der Waals surface area contributed by atoms with Crippen LogP contribution in [-0.4, -0.2) is 39.3 Å². The lowest BCUT2D eigenvalue weighted by molar-refractivity contribution is -0.139. The summed E-state index contributed by atoms with van der Waals surface area (Å²) < 4.78 is 38.2. The Hall–Kier alpha value is -2.42. The summed E-state index contributed by atoms with van der Waals surface area (Å²) in [5, 5.41) is 8.69. The van der Waals surface area contributed by atoms with E-state index in [1.807, 2.05) is 0 Å². The molecule has 3 rings (SSSR count). The molecule has 2 aromatic rings. The van der Waals surface area contributed by atoms with Crippen molar-refractivity contribution in [3.8, 4) is 5.75 Å². The van der Waals surface area contributed by atoms with Gasteiger partial charge in [0, 0.05) is 6.54 Å². The van der Waals surface area contributed by atoms with E-state index in [-0.39, 0.29) is 11.4 Å². The molecular weight excluding hydrogens is 358 g/mol. The average Bonchev–Trinajstić information content (AvgIpc) is 2.65. The number of ether oxygens (including phenoxy) is 2. The van der Waals surface area contributed by atoms with Gasteiger partial charge in [0.2, 0.25) is 10.0 Å². The van der Waals surface area contributed by atoms with E-state index in [2.05, 4.69) is 4.72 Å². The SMILES string of the molecule is O=C(O)COc1ccc2c(c1)CCOC2CNS(=O)(=O)c1ccccc1. The number of hydrogen-bond acceptors (Lipinski definition) is 5. The molecular formula is C18H19NO6S. The van der Waals surface area contributed by atoms with Crippen molar-refractivity contribution in [3.63, 3.8) is 0 Å². The molecule has 8 heteroatoms. The fourth-order valence-electron chi connectivity index (χ4n) is 2.79. The third-order valence-corrected chi connectivity index (χ3v) is 5.47. The standard InChI is InChI=1S/C18H19NO6S/c20-18(21)12-25-14-6-7-16-13(10-14)8-9-24-17(16)11-19-26(22,23)15-4-2-1-3-5-15/h1-7,10,17,19H,8-9,11-12H2,(H,20,21). The van der Waals surface area contributed by atoms with Crippen LogP contribution in [0.5, 0.6) is 5.75 Å². The topological polar surface area (TPSA) is 102 Å². The van der Waals surface area contributed by atoms with Crippen molar-refractivity contribution in [3.05, 3.63) is 59.7 Å². The van der Waals surface area contributed by atoms with Crippen LogP contribution in [0.3, 0.4) is 0 Å². The van der Waals surface area contributed by atoms with Gasteiger partial charge in [0.25, 0.3) is 0 Å². The first kappa shape index (κ1) is 18.4. The van der Waals surface area contributed by atoms with Gasteiger partial charge in [0.1, 0.15) is 5.75 Å². The van der Waals surface area contributed by atoms with Crippen LogP contribution in [0.1, 0.15) is 17.2 Å². The zero-order valence-corrected chi connectivity index (χ0v) is 14.7. The molecule has 1 unspecified atom stereocenters. The Morgan fingerprint density at radius 3 is 2.73 bits per heavy atom. The van der Waals surface area contributed by atoms with Crippen LogP contribution < -0.4 is 9.46 Å². The van der Waals surface area contributed by atoms with Gasteiger partial charge >= 0.3 is 5.97 Å². The summed E-state index contributed by atoms with van der Waals surface area (Å²) in [4.78, 5) is 10.8. The van der Waals surface area contributed by atoms with Gasteiger partial charge in [-0.05, 0) is 41.8 Å². The number of sulfonamides is 1. The quantitative estimate of drug-likeness (QED) is 0.762. The third kappa shape index (κ3) is 4.40. The Labute approximate surface area is 151 Å². The first-order valence-corrected chi connectivity index (χ1v) is 9.58. The highest BCUT2D eigenvalue weighted by molar-refractivity contribution is 7.89. The minimum absolute atomic E-state index is 0.111. The smallest absolute Gasteiger partial charge is 0.341 e. The normalized spacial score (nSPS) is 16.7. The second-order valence-corrected chi connectivity index (χ2v) is 7.58. The zero-order chi connectivity index (χ0) is 18.6. The van der Waals surface area contributed by atoms with E-state index in [4.69, 9.17) is 14.6 Å². The lowest BCUT2D eigenvalue weighted by Gasteiger charge is -2.26. The molecule has 1 aliphatic heterocycles. The Morgan fingerprint density at radius 2 is 2.00 bits per heavy atom. The maximum Gasteiger partial charge on any atom is 0.341 e. The van der Waals surface area contributed by atoms with Crippen LogP contribution in [0.15, 0.2) is 53.4 Å². The van der Waals surface area contributed by atoms with Gasteiger partial charge in [-0.2, -0.15) is 0 Å². The van der Waals surface area contributed by atoms with Gasteiger partial charge in [0.15, 0.2) is 6.61 Å². The molecule has 1 heterocycles. The Balaban J connectivity index is 1.70. The monoisotopic (exact) mass is 377 g/mol. The van der Waals surface area contributed by atoms with Crippen LogP contribution in [0.25, 0.3) is 0 Å². The summed E-state index contributed by atoms with van der Waals surface area (Å²) in [5.41, 5.74) is 1.83. The van der Waals surface area contributed by atoms with Crippen molar-refractivity contribution >= 4 is 16.0 Å². The van der Waals surface area contributed by atoms with E-state index in [9.17, 15) is 13.2 Å². The molecule has 0 bridgehead atoms. The Bertz CT molecular complexity index is 882. The molecule has 2 aromatic carbocycles. The van der Waals surface area contributed by atoms with E-state index < -0.39 is 28.7 Å². The van der Waals surface area contributed by atoms with Gasteiger partial charge in [-0.25, -0.2) is 17.9 Å². The molecule has 0 amide bonds. The summed E-state index contributed by atoms with van der Waals surface area (Å²) in [5.74, 6) is -0.573. The second kappa shape index (κ2) is 7.86. The van der Waals surface area contributed by atoms with Gasteiger partial charge < -0.3 is 14.6 Å². The number of rotatable bonds is 7. The highest BCUT2D eigenvalue weighted by Gasteiger charge is 2.24. The van der Waals surface area contributed by atoms with Crippen molar-refractivity contribution < 1.29 is 27.8 Å². The van der Waals surface area contributed by atoms with Crippen LogP contribution in [0, 0.1) is 0 Å². The fraction of sp³-hybridized carbons (Fsp3) is 0.278.